The lowest BCUT2D eigenvalue weighted by Crippen LogP contribution is -2.53. The van der Waals surface area contributed by atoms with Gasteiger partial charge in [0.05, 0.1) is 12.6 Å². The molecule has 26 heavy (non-hydrogen) atoms. The summed E-state index contributed by atoms with van der Waals surface area (Å²) in [5, 5.41) is 20.7. The molecule has 0 aliphatic carbocycles. The summed E-state index contributed by atoms with van der Waals surface area (Å²) in [6.45, 7) is 3.82. The number of amides is 1. The van der Waals surface area contributed by atoms with Crippen molar-refractivity contribution in [1.82, 2.24) is 25.1 Å². The highest BCUT2D eigenvalue weighted by Crippen LogP contribution is 2.21. The number of carbonyl (C=O) groups is 2. The molecule has 1 saturated heterocycles. The molecule has 1 N–H and O–H groups in total. The summed E-state index contributed by atoms with van der Waals surface area (Å²) >= 11 is 0. The number of hydrogen-bond acceptors (Lipinski definition) is 6. The average molecular weight is 359 g/mol. The monoisotopic (exact) mass is 359 g/mol. The predicted molar refractivity (Wildman–Crippen MR) is 90.3 cm³/mol. The number of aliphatic carboxylic acids is 1. The molecular weight excluding hydrogens is 338 g/mol. The quantitative estimate of drug-likeness (QED) is 0.826. The molecule has 1 amide bonds. The second-order valence-electron chi connectivity index (χ2n) is 6.39. The molecule has 2 heterocycles. The minimum absolute atomic E-state index is 0.00493. The fraction of sp³-hybridized carbons (Fsp3) is 0.471. The molecule has 1 fully saturated rings. The number of tetrazole rings is 1. The normalized spacial score (nSPS) is 21.4. The predicted octanol–water partition coefficient (Wildman–Crippen LogP) is 0.466. The van der Waals surface area contributed by atoms with Gasteiger partial charge in [-0.3, -0.25) is 4.79 Å². The van der Waals surface area contributed by atoms with Crippen molar-refractivity contribution in [3.05, 3.63) is 41.7 Å². The van der Waals surface area contributed by atoms with Crippen LogP contribution in [0, 0.1) is 6.92 Å². The molecule has 0 bridgehead atoms. The van der Waals surface area contributed by atoms with Gasteiger partial charge in [0.1, 0.15) is 11.9 Å². The van der Waals surface area contributed by atoms with E-state index in [0.717, 1.165) is 5.56 Å². The number of aromatic nitrogens is 4. The molecule has 0 spiro atoms. The third kappa shape index (κ3) is 3.88. The van der Waals surface area contributed by atoms with Crippen LogP contribution in [0.5, 0.6) is 0 Å². The Labute approximate surface area is 150 Å². The molecule has 1 aromatic carbocycles. The van der Waals surface area contributed by atoms with Crippen LogP contribution >= 0.6 is 0 Å². The van der Waals surface area contributed by atoms with Crippen LogP contribution in [0.1, 0.15) is 24.4 Å². The summed E-state index contributed by atoms with van der Waals surface area (Å²) < 4.78 is 6.89. The third-order valence-electron chi connectivity index (χ3n) is 4.36. The number of hydrogen-bond donors (Lipinski definition) is 1. The van der Waals surface area contributed by atoms with Gasteiger partial charge in [-0.05, 0) is 29.8 Å². The molecule has 1 aromatic heterocycles. The van der Waals surface area contributed by atoms with Gasteiger partial charge in [-0.25, -0.2) is 9.48 Å². The fourth-order valence-corrected chi connectivity index (χ4v) is 3.12. The van der Waals surface area contributed by atoms with Crippen LogP contribution in [0.15, 0.2) is 30.3 Å². The van der Waals surface area contributed by atoms with Crippen LogP contribution in [0.4, 0.5) is 0 Å². The number of ether oxygens (including phenoxy) is 1. The van der Waals surface area contributed by atoms with Crippen LogP contribution in [-0.2, 0) is 20.7 Å². The van der Waals surface area contributed by atoms with Gasteiger partial charge >= 0.3 is 5.97 Å². The van der Waals surface area contributed by atoms with Crippen molar-refractivity contribution in [1.29, 1.82) is 0 Å². The molecule has 2 unspecified atom stereocenters. The first-order chi connectivity index (χ1) is 12.5. The Morgan fingerprint density at radius 2 is 2.04 bits per heavy atom. The topological polar surface area (TPSA) is 110 Å². The number of carbonyl (C=O) groups excluding carboxylic acids is 1. The largest absolute Gasteiger partial charge is 0.479 e. The SMILES string of the molecule is Cc1nnnn1C(Cc1ccccc1)C(=O)N1CC(C(=O)O)O[C@H](C)C1. The molecule has 9 heteroatoms. The van der Waals surface area contributed by atoms with Crippen molar-refractivity contribution in [2.24, 2.45) is 0 Å². The Balaban J connectivity index is 1.87. The van der Waals surface area contributed by atoms with Gasteiger partial charge in [-0.1, -0.05) is 30.3 Å². The van der Waals surface area contributed by atoms with Crippen LogP contribution in [0.25, 0.3) is 0 Å². The van der Waals surface area contributed by atoms with E-state index in [2.05, 4.69) is 15.5 Å². The number of aryl methyl sites for hydroxylation is 1. The zero-order valence-electron chi connectivity index (χ0n) is 14.6. The maximum absolute atomic E-state index is 13.2. The molecule has 138 valence electrons. The second kappa shape index (κ2) is 7.61. The highest BCUT2D eigenvalue weighted by atomic mass is 16.5. The van der Waals surface area contributed by atoms with Gasteiger partial charge < -0.3 is 14.7 Å². The first-order valence-corrected chi connectivity index (χ1v) is 8.41. The van der Waals surface area contributed by atoms with Crippen molar-refractivity contribution in [3.8, 4) is 0 Å². The summed E-state index contributed by atoms with van der Waals surface area (Å²) in [6, 6.07) is 8.93. The lowest BCUT2D eigenvalue weighted by Gasteiger charge is -2.36. The van der Waals surface area contributed by atoms with Crippen LogP contribution in [0.2, 0.25) is 0 Å². The molecule has 1 aliphatic rings. The molecule has 9 nitrogen and oxygen atoms in total. The molecule has 2 aromatic rings. The highest BCUT2D eigenvalue weighted by molar-refractivity contribution is 5.82. The Hall–Kier alpha value is -2.81. The van der Waals surface area contributed by atoms with Crippen LogP contribution < -0.4 is 0 Å². The number of carboxylic acids is 1. The highest BCUT2D eigenvalue weighted by Gasteiger charge is 2.36. The summed E-state index contributed by atoms with van der Waals surface area (Å²) in [4.78, 5) is 26.1. The van der Waals surface area contributed by atoms with E-state index in [9.17, 15) is 14.7 Å². The molecular formula is C17H21N5O4. The second-order valence-corrected chi connectivity index (χ2v) is 6.39. The van der Waals surface area contributed by atoms with Crippen molar-refractivity contribution in [2.45, 2.75) is 38.5 Å². The van der Waals surface area contributed by atoms with Crippen molar-refractivity contribution >= 4 is 11.9 Å². The van der Waals surface area contributed by atoms with E-state index in [1.165, 1.54) is 9.58 Å². The molecule has 3 rings (SSSR count). The lowest BCUT2D eigenvalue weighted by molar-refractivity contribution is -0.167. The fourth-order valence-electron chi connectivity index (χ4n) is 3.12. The van der Waals surface area contributed by atoms with Gasteiger partial charge in [0, 0.05) is 13.0 Å². The van der Waals surface area contributed by atoms with E-state index in [1.54, 1.807) is 13.8 Å². The molecule has 3 atom stereocenters. The van der Waals surface area contributed by atoms with E-state index in [-0.39, 0.29) is 18.6 Å². The summed E-state index contributed by atoms with van der Waals surface area (Å²) in [6.07, 6.45) is -0.981. The minimum Gasteiger partial charge on any atom is -0.479 e. The summed E-state index contributed by atoms with van der Waals surface area (Å²) in [5.41, 5.74) is 0.969. The number of nitrogens with zero attached hydrogens (tertiary/aromatic N) is 5. The van der Waals surface area contributed by atoms with Gasteiger partial charge in [0.15, 0.2) is 6.10 Å². The van der Waals surface area contributed by atoms with Crippen LogP contribution in [-0.4, -0.2) is 67.4 Å². The molecule has 0 saturated carbocycles. The van der Waals surface area contributed by atoms with Crippen molar-refractivity contribution in [3.63, 3.8) is 0 Å². The van der Waals surface area contributed by atoms with E-state index in [0.29, 0.717) is 18.8 Å². The van der Waals surface area contributed by atoms with Gasteiger partial charge in [0.2, 0.25) is 5.91 Å². The van der Waals surface area contributed by atoms with Gasteiger partial charge in [0.25, 0.3) is 0 Å². The standard InChI is InChI=1S/C17H21N5O4/c1-11-9-21(10-15(26-11)17(24)25)16(23)14(22-12(2)18-19-20-22)8-13-6-4-3-5-7-13/h3-7,11,14-15H,8-10H2,1-2H3,(H,24,25)/t11-,14?,15?/m1/s1. The van der Waals surface area contributed by atoms with E-state index < -0.39 is 18.1 Å². The molecule has 1 aliphatic heterocycles. The zero-order chi connectivity index (χ0) is 18.7. The van der Waals surface area contributed by atoms with E-state index in [4.69, 9.17) is 4.74 Å². The maximum Gasteiger partial charge on any atom is 0.334 e. The first kappa shape index (κ1) is 18.0. The number of benzene rings is 1. The Morgan fingerprint density at radius 3 is 2.65 bits per heavy atom. The van der Waals surface area contributed by atoms with Crippen LogP contribution in [0.3, 0.4) is 0 Å². The smallest absolute Gasteiger partial charge is 0.334 e. The average Bonchev–Trinajstić information content (AvgIpc) is 3.05. The Kier molecular flexibility index (Phi) is 5.27. The summed E-state index contributed by atoms with van der Waals surface area (Å²) in [7, 11) is 0. The maximum atomic E-state index is 13.2. The van der Waals surface area contributed by atoms with E-state index >= 15 is 0 Å². The number of morpholine rings is 1. The number of rotatable bonds is 5. The zero-order valence-corrected chi connectivity index (χ0v) is 14.6. The van der Waals surface area contributed by atoms with Gasteiger partial charge in [-0.2, -0.15) is 0 Å². The molecule has 0 radical (unpaired) electrons. The summed E-state index contributed by atoms with van der Waals surface area (Å²) in [5.74, 6) is -0.770. The Morgan fingerprint density at radius 1 is 1.31 bits per heavy atom. The van der Waals surface area contributed by atoms with E-state index in [1.807, 2.05) is 30.3 Å². The van der Waals surface area contributed by atoms with Crippen molar-refractivity contribution < 1.29 is 19.4 Å². The third-order valence-corrected chi connectivity index (χ3v) is 4.36. The Bertz CT molecular complexity index is 778. The minimum atomic E-state index is -1.08. The van der Waals surface area contributed by atoms with Crippen molar-refractivity contribution in [2.75, 3.05) is 13.1 Å². The number of carboxylic acid groups (broad SMARTS) is 1. The lowest BCUT2D eigenvalue weighted by atomic mass is 10.0. The first-order valence-electron chi connectivity index (χ1n) is 8.41. The van der Waals surface area contributed by atoms with Gasteiger partial charge in [-0.15, -0.1) is 5.10 Å².